The fraction of sp³-hybridized carbons (Fsp3) is 0.462. The maximum atomic E-state index is 13.7. The Balaban J connectivity index is 2.10. The molecule has 18 heavy (non-hydrogen) atoms. The standard InChI is InChI=1S/C13H15F2NOS/c1-8-2-3-9(14)12(11(8)15)16-10(17)6-13(7-18)4-5-13/h2-3,18H,4-7H2,1H3,(H,16,17). The van der Waals surface area contributed by atoms with Crippen molar-refractivity contribution in [3.8, 4) is 0 Å². The normalized spacial score (nSPS) is 16.4. The molecule has 0 radical (unpaired) electrons. The first-order valence-corrected chi connectivity index (χ1v) is 6.46. The van der Waals surface area contributed by atoms with Gasteiger partial charge in [-0.2, -0.15) is 12.6 Å². The summed E-state index contributed by atoms with van der Waals surface area (Å²) in [5.41, 5.74) is -0.110. The monoisotopic (exact) mass is 271 g/mol. The van der Waals surface area contributed by atoms with E-state index in [-0.39, 0.29) is 23.4 Å². The highest BCUT2D eigenvalue weighted by atomic mass is 32.1. The van der Waals surface area contributed by atoms with E-state index in [0.717, 1.165) is 18.9 Å². The molecule has 1 aliphatic carbocycles. The van der Waals surface area contributed by atoms with Crippen LogP contribution in [0.3, 0.4) is 0 Å². The number of benzene rings is 1. The third kappa shape index (κ3) is 2.66. The van der Waals surface area contributed by atoms with Crippen LogP contribution in [0.5, 0.6) is 0 Å². The van der Waals surface area contributed by atoms with E-state index in [1.165, 1.54) is 13.0 Å². The smallest absolute Gasteiger partial charge is 0.225 e. The van der Waals surface area contributed by atoms with Crippen LogP contribution in [0.4, 0.5) is 14.5 Å². The maximum Gasteiger partial charge on any atom is 0.225 e. The second-order valence-electron chi connectivity index (χ2n) is 4.94. The highest BCUT2D eigenvalue weighted by Crippen LogP contribution is 2.49. The number of nitrogens with one attached hydrogen (secondary N) is 1. The molecule has 1 fully saturated rings. The molecule has 1 aromatic rings. The fourth-order valence-electron chi connectivity index (χ4n) is 1.86. The predicted octanol–water partition coefficient (Wildman–Crippen LogP) is 3.31. The molecule has 5 heteroatoms. The van der Waals surface area contributed by atoms with Crippen LogP contribution in [-0.2, 0) is 4.79 Å². The van der Waals surface area contributed by atoms with Gasteiger partial charge < -0.3 is 5.32 Å². The van der Waals surface area contributed by atoms with Gasteiger partial charge in [0.15, 0.2) is 5.82 Å². The summed E-state index contributed by atoms with van der Waals surface area (Å²) in [7, 11) is 0. The number of carbonyl (C=O) groups excluding carboxylic acids is 1. The second-order valence-corrected chi connectivity index (χ2v) is 5.25. The van der Waals surface area contributed by atoms with Crippen LogP contribution in [0.15, 0.2) is 12.1 Å². The number of carbonyl (C=O) groups is 1. The van der Waals surface area contributed by atoms with E-state index in [4.69, 9.17) is 0 Å². The molecule has 1 amide bonds. The fourth-order valence-corrected chi connectivity index (χ4v) is 2.29. The zero-order valence-electron chi connectivity index (χ0n) is 10.1. The van der Waals surface area contributed by atoms with Crippen LogP contribution in [0.25, 0.3) is 0 Å². The highest BCUT2D eigenvalue weighted by molar-refractivity contribution is 7.80. The summed E-state index contributed by atoms with van der Waals surface area (Å²) < 4.78 is 27.1. The van der Waals surface area contributed by atoms with E-state index < -0.39 is 11.6 Å². The van der Waals surface area contributed by atoms with Crippen LogP contribution in [0.1, 0.15) is 24.8 Å². The summed E-state index contributed by atoms with van der Waals surface area (Å²) in [6, 6.07) is 2.50. The Morgan fingerprint density at radius 2 is 2.11 bits per heavy atom. The van der Waals surface area contributed by atoms with Gasteiger partial charge in [0.1, 0.15) is 11.5 Å². The minimum absolute atomic E-state index is 0.0655. The minimum atomic E-state index is -0.748. The molecule has 2 nitrogen and oxygen atoms in total. The van der Waals surface area contributed by atoms with Crippen LogP contribution < -0.4 is 5.32 Å². The topological polar surface area (TPSA) is 29.1 Å². The van der Waals surface area contributed by atoms with E-state index in [1.54, 1.807) is 0 Å². The van der Waals surface area contributed by atoms with Gasteiger partial charge in [0.05, 0.1) is 0 Å². The van der Waals surface area contributed by atoms with E-state index in [0.29, 0.717) is 11.3 Å². The van der Waals surface area contributed by atoms with Crippen molar-refractivity contribution in [2.24, 2.45) is 5.41 Å². The molecule has 1 aromatic carbocycles. The third-order valence-electron chi connectivity index (χ3n) is 3.38. The van der Waals surface area contributed by atoms with Crippen molar-refractivity contribution >= 4 is 24.2 Å². The minimum Gasteiger partial charge on any atom is -0.321 e. The molecule has 98 valence electrons. The molecular weight excluding hydrogens is 256 g/mol. The summed E-state index contributed by atoms with van der Waals surface area (Å²) in [6.45, 7) is 1.53. The van der Waals surface area contributed by atoms with Crippen molar-refractivity contribution in [3.05, 3.63) is 29.3 Å². The SMILES string of the molecule is Cc1ccc(F)c(NC(=O)CC2(CS)CC2)c1F. The molecule has 0 spiro atoms. The zero-order chi connectivity index (χ0) is 13.3. The Labute approximate surface area is 110 Å². The number of halogens is 2. The number of rotatable bonds is 4. The highest BCUT2D eigenvalue weighted by Gasteiger charge is 2.43. The van der Waals surface area contributed by atoms with Gasteiger partial charge >= 0.3 is 0 Å². The molecule has 1 saturated carbocycles. The van der Waals surface area contributed by atoms with E-state index in [2.05, 4.69) is 17.9 Å². The van der Waals surface area contributed by atoms with Crippen molar-refractivity contribution in [2.75, 3.05) is 11.1 Å². The van der Waals surface area contributed by atoms with Crippen LogP contribution in [0, 0.1) is 24.0 Å². The van der Waals surface area contributed by atoms with Crippen LogP contribution in [0.2, 0.25) is 0 Å². The number of anilines is 1. The van der Waals surface area contributed by atoms with Gasteiger partial charge in [-0.1, -0.05) is 6.07 Å². The second kappa shape index (κ2) is 4.88. The zero-order valence-corrected chi connectivity index (χ0v) is 11.0. The molecule has 0 unspecified atom stereocenters. The van der Waals surface area contributed by atoms with E-state index >= 15 is 0 Å². The van der Waals surface area contributed by atoms with Gasteiger partial charge in [-0.05, 0) is 42.6 Å². The first-order chi connectivity index (χ1) is 8.47. The first kappa shape index (κ1) is 13.3. The van der Waals surface area contributed by atoms with E-state index in [9.17, 15) is 13.6 Å². The van der Waals surface area contributed by atoms with E-state index in [1.807, 2.05) is 0 Å². The average molecular weight is 271 g/mol. The lowest BCUT2D eigenvalue weighted by atomic mass is 10.0. The van der Waals surface area contributed by atoms with Gasteiger partial charge in [0.2, 0.25) is 5.91 Å². The molecule has 0 atom stereocenters. The Kier molecular flexibility index (Phi) is 3.61. The van der Waals surface area contributed by atoms with Crippen molar-refractivity contribution < 1.29 is 13.6 Å². The first-order valence-electron chi connectivity index (χ1n) is 5.83. The lowest BCUT2D eigenvalue weighted by Crippen LogP contribution is -2.20. The Morgan fingerprint density at radius 3 is 2.67 bits per heavy atom. The molecule has 1 N–H and O–H groups in total. The van der Waals surface area contributed by atoms with Gasteiger partial charge in [-0.15, -0.1) is 0 Å². The Bertz CT molecular complexity index is 486. The van der Waals surface area contributed by atoms with Crippen molar-refractivity contribution in [1.29, 1.82) is 0 Å². The van der Waals surface area contributed by atoms with Crippen LogP contribution in [-0.4, -0.2) is 11.7 Å². The molecule has 1 aliphatic rings. The maximum absolute atomic E-state index is 13.7. The summed E-state index contributed by atoms with van der Waals surface area (Å²) in [4.78, 5) is 11.8. The largest absolute Gasteiger partial charge is 0.321 e. The molecule has 0 bridgehead atoms. The molecular formula is C13H15F2NOS. The van der Waals surface area contributed by atoms with Gasteiger partial charge in [-0.3, -0.25) is 4.79 Å². The molecule has 0 saturated heterocycles. The quantitative estimate of drug-likeness (QED) is 0.808. The number of amides is 1. The van der Waals surface area contributed by atoms with Gasteiger partial charge in [0.25, 0.3) is 0 Å². The summed E-state index contributed by atoms with van der Waals surface area (Å²) in [6.07, 6.45) is 2.16. The Morgan fingerprint density at radius 1 is 1.44 bits per heavy atom. The van der Waals surface area contributed by atoms with Crippen molar-refractivity contribution in [3.63, 3.8) is 0 Å². The number of aryl methyl sites for hydroxylation is 1. The summed E-state index contributed by atoms with van der Waals surface area (Å²) in [5, 5.41) is 2.33. The van der Waals surface area contributed by atoms with Crippen molar-refractivity contribution in [1.82, 2.24) is 0 Å². The van der Waals surface area contributed by atoms with Crippen molar-refractivity contribution in [2.45, 2.75) is 26.2 Å². The van der Waals surface area contributed by atoms with Crippen LogP contribution >= 0.6 is 12.6 Å². The Hall–Kier alpha value is -1.10. The lowest BCUT2D eigenvalue weighted by molar-refractivity contribution is -0.117. The summed E-state index contributed by atoms with van der Waals surface area (Å²) in [5.74, 6) is -1.19. The van der Waals surface area contributed by atoms with Gasteiger partial charge in [0, 0.05) is 6.42 Å². The van der Waals surface area contributed by atoms with Gasteiger partial charge in [-0.25, -0.2) is 8.78 Å². The molecule has 2 rings (SSSR count). The lowest BCUT2D eigenvalue weighted by Gasteiger charge is -2.13. The molecule has 0 heterocycles. The average Bonchev–Trinajstić information content (AvgIpc) is 3.10. The number of hydrogen-bond acceptors (Lipinski definition) is 2. The predicted molar refractivity (Wildman–Crippen MR) is 69.9 cm³/mol. The number of hydrogen-bond donors (Lipinski definition) is 2. The summed E-state index contributed by atoms with van der Waals surface area (Å²) >= 11 is 4.19. The number of thiol groups is 1. The molecule has 0 aromatic heterocycles. The molecule has 0 aliphatic heterocycles. The third-order valence-corrected chi connectivity index (χ3v) is 4.05.